The summed E-state index contributed by atoms with van der Waals surface area (Å²) in [5.41, 5.74) is -0.394. The van der Waals surface area contributed by atoms with Crippen LogP contribution in [0.2, 0.25) is 0 Å². The predicted octanol–water partition coefficient (Wildman–Crippen LogP) is 1.65. The minimum atomic E-state index is -1.53. The maximum atomic E-state index is 10.9. The third-order valence-electron chi connectivity index (χ3n) is 2.28. The number of nitro groups is 1. The SMILES string of the molecule is CCOC(=N)C(O)c1c(OC)cccc1[N+](=O)[O-]. The highest BCUT2D eigenvalue weighted by Crippen LogP contribution is 2.34. The molecule has 1 aromatic carbocycles. The van der Waals surface area contributed by atoms with Crippen molar-refractivity contribution in [1.29, 1.82) is 5.41 Å². The van der Waals surface area contributed by atoms with Crippen LogP contribution in [-0.4, -0.2) is 29.6 Å². The molecule has 0 amide bonds. The maximum absolute atomic E-state index is 10.9. The van der Waals surface area contributed by atoms with Gasteiger partial charge in [0.1, 0.15) is 11.3 Å². The van der Waals surface area contributed by atoms with Crippen LogP contribution in [0.25, 0.3) is 0 Å². The van der Waals surface area contributed by atoms with Crippen LogP contribution in [0.5, 0.6) is 5.75 Å². The topological polar surface area (TPSA) is 106 Å². The maximum Gasteiger partial charge on any atom is 0.279 e. The molecule has 0 heterocycles. The molecule has 98 valence electrons. The zero-order valence-corrected chi connectivity index (χ0v) is 10.0. The highest BCUT2D eigenvalue weighted by Gasteiger charge is 2.28. The van der Waals surface area contributed by atoms with E-state index >= 15 is 0 Å². The van der Waals surface area contributed by atoms with E-state index in [1.54, 1.807) is 6.92 Å². The molecular formula is C11H14N2O5. The predicted molar refractivity (Wildman–Crippen MR) is 64.0 cm³/mol. The van der Waals surface area contributed by atoms with Crippen LogP contribution in [0.15, 0.2) is 18.2 Å². The molecule has 2 N–H and O–H groups in total. The number of ether oxygens (including phenoxy) is 2. The average Bonchev–Trinajstić information content (AvgIpc) is 2.37. The number of rotatable bonds is 5. The summed E-state index contributed by atoms with van der Waals surface area (Å²) in [6, 6.07) is 4.16. The van der Waals surface area contributed by atoms with E-state index in [9.17, 15) is 15.2 Å². The molecule has 7 nitrogen and oxygen atoms in total. The van der Waals surface area contributed by atoms with Crippen molar-refractivity contribution >= 4 is 11.6 Å². The van der Waals surface area contributed by atoms with Crippen molar-refractivity contribution < 1.29 is 19.5 Å². The van der Waals surface area contributed by atoms with Crippen LogP contribution in [0.3, 0.4) is 0 Å². The monoisotopic (exact) mass is 254 g/mol. The van der Waals surface area contributed by atoms with Crippen molar-refractivity contribution in [3.63, 3.8) is 0 Å². The van der Waals surface area contributed by atoms with E-state index in [0.29, 0.717) is 0 Å². The first-order valence-electron chi connectivity index (χ1n) is 5.23. The van der Waals surface area contributed by atoms with Gasteiger partial charge in [-0.1, -0.05) is 6.07 Å². The minimum absolute atomic E-state index is 0.0801. The second kappa shape index (κ2) is 5.97. The van der Waals surface area contributed by atoms with Crippen molar-refractivity contribution in [1.82, 2.24) is 0 Å². The smallest absolute Gasteiger partial charge is 0.279 e. The van der Waals surface area contributed by atoms with E-state index in [1.807, 2.05) is 0 Å². The largest absolute Gasteiger partial charge is 0.496 e. The lowest BCUT2D eigenvalue weighted by Gasteiger charge is -2.15. The third-order valence-corrected chi connectivity index (χ3v) is 2.28. The van der Waals surface area contributed by atoms with Gasteiger partial charge in [0.25, 0.3) is 5.69 Å². The molecule has 0 saturated heterocycles. The Bertz CT molecular complexity index is 461. The van der Waals surface area contributed by atoms with E-state index in [1.165, 1.54) is 25.3 Å². The Balaban J connectivity index is 3.27. The minimum Gasteiger partial charge on any atom is -0.496 e. The van der Waals surface area contributed by atoms with Crippen LogP contribution >= 0.6 is 0 Å². The van der Waals surface area contributed by atoms with Crippen LogP contribution in [-0.2, 0) is 4.74 Å². The molecule has 7 heteroatoms. The summed E-state index contributed by atoms with van der Waals surface area (Å²) in [7, 11) is 1.33. The molecule has 18 heavy (non-hydrogen) atoms. The van der Waals surface area contributed by atoms with E-state index in [2.05, 4.69) is 0 Å². The number of aliphatic hydroxyl groups excluding tert-OH is 1. The first-order valence-corrected chi connectivity index (χ1v) is 5.23. The Morgan fingerprint density at radius 2 is 2.28 bits per heavy atom. The van der Waals surface area contributed by atoms with Crippen molar-refractivity contribution in [2.75, 3.05) is 13.7 Å². The fourth-order valence-electron chi connectivity index (χ4n) is 1.51. The Morgan fingerprint density at radius 3 is 2.78 bits per heavy atom. The van der Waals surface area contributed by atoms with Gasteiger partial charge in [-0.15, -0.1) is 0 Å². The molecule has 0 aliphatic carbocycles. The molecule has 0 radical (unpaired) electrons. The highest BCUT2D eigenvalue weighted by atomic mass is 16.6. The zero-order chi connectivity index (χ0) is 13.7. The van der Waals surface area contributed by atoms with Gasteiger partial charge in [-0.3, -0.25) is 15.5 Å². The van der Waals surface area contributed by atoms with Crippen LogP contribution in [0.1, 0.15) is 18.6 Å². The normalized spacial score (nSPS) is 11.7. The summed E-state index contributed by atoms with van der Waals surface area (Å²) in [4.78, 5) is 10.3. The molecule has 0 aromatic heterocycles. The molecule has 1 unspecified atom stereocenters. The number of benzene rings is 1. The van der Waals surface area contributed by atoms with E-state index in [4.69, 9.17) is 14.9 Å². The lowest BCUT2D eigenvalue weighted by Crippen LogP contribution is -2.16. The summed E-state index contributed by atoms with van der Waals surface area (Å²) >= 11 is 0. The molecule has 0 saturated carbocycles. The van der Waals surface area contributed by atoms with Gasteiger partial charge in [0.15, 0.2) is 6.10 Å². The van der Waals surface area contributed by atoms with Gasteiger partial charge in [0, 0.05) is 6.07 Å². The fraction of sp³-hybridized carbons (Fsp3) is 0.364. The molecule has 0 spiro atoms. The highest BCUT2D eigenvalue weighted by molar-refractivity contribution is 5.81. The summed E-state index contributed by atoms with van der Waals surface area (Å²) in [5.74, 6) is -0.314. The Morgan fingerprint density at radius 1 is 1.61 bits per heavy atom. The summed E-state index contributed by atoms with van der Waals surface area (Å²) < 4.78 is 9.82. The second-order valence-electron chi connectivity index (χ2n) is 3.35. The van der Waals surface area contributed by atoms with Gasteiger partial charge in [-0.05, 0) is 13.0 Å². The van der Waals surface area contributed by atoms with Crippen LogP contribution < -0.4 is 4.74 Å². The Labute approximate surface area is 104 Å². The Hall–Kier alpha value is -2.15. The summed E-state index contributed by atoms with van der Waals surface area (Å²) in [6.07, 6.45) is -1.53. The molecular weight excluding hydrogens is 240 g/mol. The molecule has 1 aromatic rings. The van der Waals surface area contributed by atoms with Gasteiger partial charge in [-0.2, -0.15) is 0 Å². The number of hydrogen-bond donors (Lipinski definition) is 2. The van der Waals surface area contributed by atoms with Gasteiger partial charge >= 0.3 is 0 Å². The van der Waals surface area contributed by atoms with Crippen molar-refractivity contribution in [2.24, 2.45) is 0 Å². The van der Waals surface area contributed by atoms with E-state index in [0.717, 1.165) is 0 Å². The zero-order valence-electron chi connectivity index (χ0n) is 10.0. The van der Waals surface area contributed by atoms with E-state index in [-0.39, 0.29) is 23.6 Å². The van der Waals surface area contributed by atoms with Gasteiger partial charge < -0.3 is 14.6 Å². The van der Waals surface area contributed by atoms with Crippen molar-refractivity contribution in [3.8, 4) is 5.75 Å². The van der Waals surface area contributed by atoms with Crippen LogP contribution in [0.4, 0.5) is 5.69 Å². The number of nitrogens with zero attached hydrogens (tertiary/aromatic N) is 1. The second-order valence-corrected chi connectivity index (χ2v) is 3.35. The molecule has 0 aliphatic rings. The van der Waals surface area contributed by atoms with Crippen molar-refractivity contribution in [3.05, 3.63) is 33.9 Å². The lowest BCUT2D eigenvalue weighted by molar-refractivity contribution is -0.386. The summed E-state index contributed by atoms with van der Waals surface area (Å²) in [5, 5.41) is 28.3. The average molecular weight is 254 g/mol. The van der Waals surface area contributed by atoms with Gasteiger partial charge in [-0.25, -0.2) is 0 Å². The molecule has 0 fully saturated rings. The third kappa shape index (κ3) is 2.75. The van der Waals surface area contributed by atoms with Crippen LogP contribution in [0, 0.1) is 15.5 Å². The molecule has 1 rings (SSSR count). The van der Waals surface area contributed by atoms with Gasteiger partial charge in [0.05, 0.1) is 18.6 Å². The summed E-state index contributed by atoms with van der Waals surface area (Å²) in [6.45, 7) is 1.84. The number of nitro benzene ring substituents is 1. The fourth-order valence-corrected chi connectivity index (χ4v) is 1.51. The first kappa shape index (κ1) is 13.9. The number of methoxy groups -OCH3 is 1. The van der Waals surface area contributed by atoms with E-state index < -0.39 is 16.9 Å². The first-order chi connectivity index (χ1) is 8.52. The molecule has 0 aliphatic heterocycles. The quantitative estimate of drug-likeness (QED) is 0.359. The molecule has 1 atom stereocenters. The van der Waals surface area contributed by atoms with Crippen molar-refractivity contribution in [2.45, 2.75) is 13.0 Å². The number of aliphatic hydroxyl groups is 1. The Kier molecular flexibility index (Phi) is 4.61. The molecule has 0 bridgehead atoms. The number of hydrogen-bond acceptors (Lipinski definition) is 6. The standard InChI is InChI=1S/C11H14N2O5/c1-3-18-11(12)10(14)9-7(13(15)16)5-4-6-8(9)17-2/h4-6,10,12,14H,3H2,1-2H3. The van der Waals surface area contributed by atoms with Gasteiger partial charge in [0.2, 0.25) is 5.90 Å². The number of nitrogens with one attached hydrogen (secondary N) is 1. The lowest BCUT2D eigenvalue weighted by atomic mass is 10.1.